The molecule has 0 aliphatic heterocycles. The fourth-order valence-corrected chi connectivity index (χ4v) is 2.83. The highest BCUT2D eigenvalue weighted by molar-refractivity contribution is 6.32. The van der Waals surface area contributed by atoms with E-state index in [1.807, 2.05) is 0 Å². The number of ketones is 1. The van der Waals surface area contributed by atoms with Gasteiger partial charge < -0.3 is 10.3 Å². The van der Waals surface area contributed by atoms with Crippen molar-refractivity contribution in [3.05, 3.63) is 63.8 Å². The molecule has 3 aromatic rings. The Morgan fingerprint density at radius 2 is 1.83 bits per heavy atom. The van der Waals surface area contributed by atoms with Crippen molar-refractivity contribution in [2.24, 2.45) is 0 Å². The van der Waals surface area contributed by atoms with E-state index in [0.717, 1.165) is 5.39 Å². The minimum absolute atomic E-state index is 0.175. The Labute approximate surface area is 148 Å². The molecule has 0 saturated carbocycles. The molecule has 4 nitrogen and oxygen atoms in total. The van der Waals surface area contributed by atoms with Gasteiger partial charge >= 0.3 is 0 Å². The second-order valence-corrected chi connectivity index (χ2v) is 6.18. The number of H-pyrrole nitrogens is 1. The zero-order valence-electron chi connectivity index (χ0n) is 12.8. The third-order valence-electron chi connectivity index (χ3n) is 3.66. The minimum atomic E-state index is -0.253. The zero-order valence-corrected chi connectivity index (χ0v) is 14.3. The molecule has 1 aromatic heterocycles. The summed E-state index contributed by atoms with van der Waals surface area (Å²) >= 11 is 12.0. The van der Waals surface area contributed by atoms with Crippen LogP contribution in [0.1, 0.15) is 29.4 Å². The summed E-state index contributed by atoms with van der Waals surface area (Å²) < 4.78 is 0. The lowest BCUT2D eigenvalue weighted by Crippen LogP contribution is -2.13. The molecule has 0 fully saturated rings. The van der Waals surface area contributed by atoms with Gasteiger partial charge in [-0.05, 0) is 30.3 Å². The van der Waals surface area contributed by atoms with Crippen LogP contribution >= 0.6 is 23.2 Å². The van der Waals surface area contributed by atoms with E-state index in [2.05, 4.69) is 10.3 Å². The van der Waals surface area contributed by atoms with Crippen molar-refractivity contribution in [3.8, 4) is 0 Å². The van der Waals surface area contributed by atoms with E-state index in [9.17, 15) is 9.59 Å². The third-order valence-corrected chi connectivity index (χ3v) is 4.13. The van der Waals surface area contributed by atoms with Gasteiger partial charge in [0.2, 0.25) is 11.7 Å². The number of hydrogen-bond donors (Lipinski definition) is 2. The molecule has 0 bridgehead atoms. The zero-order chi connectivity index (χ0) is 17.3. The number of rotatable bonds is 4. The normalized spacial score (nSPS) is 10.8. The number of anilines is 1. The summed E-state index contributed by atoms with van der Waals surface area (Å²) in [6.07, 6.45) is 0.311. The Bertz CT molecular complexity index is 947. The monoisotopic (exact) mass is 360 g/mol. The molecular weight excluding hydrogens is 347 g/mol. The van der Waals surface area contributed by atoms with Crippen LogP contribution in [0.25, 0.3) is 10.9 Å². The predicted octanol–water partition coefficient (Wildman–Crippen LogP) is 5.05. The molecule has 0 radical (unpaired) electrons. The molecule has 2 aromatic carbocycles. The van der Waals surface area contributed by atoms with E-state index >= 15 is 0 Å². The van der Waals surface area contributed by atoms with Crippen LogP contribution in [0.2, 0.25) is 10.0 Å². The Morgan fingerprint density at radius 1 is 1.08 bits per heavy atom. The molecule has 0 aliphatic rings. The van der Waals surface area contributed by atoms with E-state index in [1.165, 1.54) is 0 Å². The molecule has 0 saturated heterocycles. The predicted molar refractivity (Wildman–Crippen MR) is 97.1 cm³/mol. The van der Waals surface area contributed by atoms with E-state index in [-0.39, 0.29) is 11.7 Å². The average molecular weight is 361 g/mol. The summed E-state index contributed by atoms with van der Waals surface area (Å²) in [6.45, 7) is 1.75. The highest BCUT2D eigenvalue weighted by Gasteiger charge is 2.21. The molecule has 6 heteroatoms. The first kappa shape index (κ1) is 16.6. The maximum atomic E-state index is 12.9. The number of carbonyl (C=O) groups excluding carboxylic acids is 2. The summed E-state index contributed by atoms with van der Waals surface area (Å²) in [6, 6.07) is 11.9. The van der Waals surface area contributed by atoms with Gasteiger partial charge in [0.25, 0.3) is 0 Å². The van der Waals surface area contributed by atoms with Crippen molar-refractivity contribution in [2.75, 3.05) is 5.32 Å². The molecule has 0 spiro atoms. The Hall–Kier alpha value is -2.30. The van der Waals surface area contributed by atoms with Crippen LogP contribution in [-0.2, 0) is 4.79 Å². The van der Waals surface area contributed by atoms with Gasteiger partial charge in [0, 0.05) is 32.9 Å². The lowest BCUT2D eigenvalue weighted by Gasteiger charge is -2.06. The maximum absolute atomic E-state index is 12.9. The molecular formula is C18H14Cl2N2O2. The Morgan fingerprint density at radius 3 is 2.54 bits per heavy atom. The van der Waals surface area contributed by atoms with Crippen molar-refractivity contribution in [3.63, 3.8) is 0 Å². The molecule has 1 heterocycles. The number of fused-ring (bicyclic) bond motifs is 1. The molecule has 0 atom stereocenters. The van der Waals surface area contributed by atoms with E-state index in [4.69, 9.17) is 23.2 Å². The number of amides is 1. The van der Waals surface area contributed by atoms with Crippen LogP contribution in [0.3, 0.4) is 0 Å². The average Bonchev–Trinajstić information content (AvgIpc) is 2.91. The molecule has 0 aliphatic carbocycles. The number of benzene rings is 2. The molecule has 1 amide bonds. The second-order valence-electron chi connectivity index (χ2n) is 5.31. The van der Waals surface area contributed by atoms with Crippen molar-refractivity contribution in [1.29, 1.82) is 0 Å². The largest absolute Gasteiger partial charge is 0.350 e. The molecule has 2 N–H and O–H groups in total. The first-order valence-electron chi connectivity index (χ1n) is 7.41. The summed E-state index contributed by atoms with van der Waals surface area (Å²) in [5, 5.41) is 4.54. The second kappa shape index (κ2) is 6.67. The number of aromatic nitrogens is 1. The van der Waals surface area contributed by atoms with Gasteiger partial charge in [0.1, 0.15) is 5.69 Å². The highest BCUT2D eigenvalue weighted by Crippen LogP contribution is 2.31. The van der Waals surface area contributed by atoms with Crippen molar-refractivity contribution >= 4 is 51.5 Å². The summed E-state index contributed by atoms with van der Waals surface area (Å²) in [4.78, 5) is 27.8. The van der Waals surface area contributed by atoms with Crippen molar-refractivity contribution in [1.82, 2.24) is 4.98 Å². The molecule has 122 valence electrons. The van der Waals surface area contributed by atoms with Gasteiger partial charge in [-0.2, -0.15) is 0 Å². The molecule has 0 unspecified atom stereocenters. The fourth-order valence-electron chi connectivity index (χ4n) is 2.47. The van der Waals surface area contributed by atoms with Gasteiger partial charge in [0.15, 0.2) is 0 Å². The van der Waals surface area contributed by atoms with E-state index < -0.39 is 0 Å². The maximum Gasteiger partial charge on any atom is 0.224 e. The quantitative estimate of drug-likeness (QED) is 0.639. The van der Waals surface area contributed by atoms with Gasteiger partial charge in [-0.25, -0.2) is 0 Å². The van der Waals surface area contributed by atoms with Crippen LogP contribution in [0.4, 0.5) is 5.69 Å². The van der Waals surface area contributed by atoms with Crippen molar-refractivity contribution in [2.45, 2.75) is 13.3 Å². The van der Waals surface area contributed by atoms with Crippen LogP contribution in [0.15, 0.2) is 42.5 Å². The SMILES string of the molecule is CCC(=O)Nc1c(C(=O)c2cccc(Cl)c2)[nH]c2cc(Cl)ccc12. The van der Waals surface area contributed by atoms with Crippen molar-refractivity contribution < 1.29 is 9.59 Å². The summed E-state index contributed by atoms with van der Waals surface area (Å²) in [5.74, 6) is -0.429. The summed E-state index contributed by atoms with van der Waals surface area (Å²) in [7, 11) is 0. The molecule has 24 heavy (non-hydrogen) atoms. The lowest BCUT2D eigenvalue weighted by atomic mass is 10.1. The van der Waals surface area contributed by atoms with Gasteiger partial charge in [-0.3, -0.25) is 9.59 Å². The van der Waals surface area contributed by atoms with E-state index in [1.54, 1.807) is 49.4 Å². The van der Waals surface area contributed by atoms with Crippen LogP contribution < -0.4 is 5.32 Å². The third kappa shape index (κ3) is 3.16. The van der Waals surface area contributed by atoms with Gasteiger partial charge in [-0.15, -0.1) is 0 Å². The topological polar surface area (TPSA) is 62.0 Å². The smallest absolute Gasteiger partial charge is 0.224 e. The van der Waals surface area contributed by atoms with Gasteiger partial charge in [-0.1, -0.05) is 42.3 Å². The number of nitrogens with one attached hydrogen (secondary N) is 2. The van der Waals surface area contributed by atoms with Crippen LogP contribution in [0.5, 0.6) is 0 Å². The lowest BCUT2D eigenvalue weighted by molar-refractivity contribution is -0.115. The number of aromatic amines is 1. The standard InChI is InChI=1S/C18H14Cl2N2O2/c1-2-15(23)22-16-13-7-6-12(20)9-14(13)21-17(16)18(24)10-4-3-5-11(19)8-10/h3-9,21H,2H2,1H3,(H,22,23). The summed E-state index contributed by atoms with van der Waals surface area (Å²) in [5.41, 5.74) is 1.88. The number of halogens is 2. The molecule has 3 rings (SSSR count). The minimum Gasteiger partial charge on any atom is -0.350 e. The van der Waals surface area contributed by atoms with Gasteiger partial charge in [0.05, 0.1) is 5.69 Å². The Kier molecular flexibility index (Phi) is 4.60. The van der Waals surface area contributed by atoms with Crippen LogP contribution in [0, 0.1) is 0 Å². The van der Waals surface area contributed by atoms with Crippen LogP contribution in [-0.4, -0.2) is 16.7 Å². The van der Waals surface area contributed by atoms with E-state index in [0.29, 0.717) is 38.9 Å². The number of hydrogen-bond acceptors (Lipinski definition) is 2. The first-order valence-corrected chi connectivity index (χ1v) is 8.16. The fraction of sp³-hybridized carbons (Fsp3) is 0.111. The highest BCUT2D eigenvalue weighted by atomic mass is 35.5. The first-order chi connectivity index (χ1) is 11.5. The number of carbonyl (C=O) groups is 2. The Balaban J connectivity index is 2.16.